The monoisotopic (exact) mass is 404 g/mol. The number of aromatic nitrogens is 4. The second kappa shape index (κ2) is 7.49. The maximum atomic E-state index is 8.50. The molecule has 1 aromatic carbocycles. The summed E-state index contributed by atoms with van der Waals surface area (Å²) < 4.78 is 5.38. The summed E-state index contributed by atoms with van der Waals surface area (Å²) in [6, 6.07) is 5.60. The van der Waals surface area contributed by atoms with E-state index in [-0.39, 0.29) is 17.8 Å². The molecule has 9 nitrogen and oxygen atoms in total. The van der Waals surface area contributed by atoms with Crippen LogP contribution in [0.2, 0.25) is 0 Å². The van der Waals surface area contributed by atoms with Crippen LogP contribution in [0.3, 0.4) is 0 Å². The first kappa shape index (κ1) is 18.7. The van der Waals surface area contributed by atoms with Crippen LogP contribution in [0.1, 0.15) is 35.8 Å². The number of hydrogen-bond donors (Lipinski definition) is 4. The Morgan fingerprint density at radius 3 is 3.00 bits per heavy atom. The van der Waals surface area contributed by atoms with Gasteiger partial charge in [-0.25, -0.2) is 19.9 Å². The minimum atomic E-state index is 0.0831. The first-order valence-corrected chi connectivity index (χ1v) is 10.1. The van der Waals surface area contributed by atoms with Crippen molar-refractivity contribution in [1.29, 1.82) is 5.41 Å². The summed E-state index contributed by atoms with van der Waals surface area (Å²) >= 11 is 0. The van der Waals surface area contributed by atoms with Gasteiger partial charge in [-0.3, -0.25) is 5.41 Å². The third-order valence-corrected chi connectivity index (χ3v) is 5.90. The molecule has 2 aliphatic rings. The molecule has 1 fully saturated rings. The van der Waals surface area contributed by atoms with Crippen LogP contribution in [-0.4, -0.2) is 39.4 Å². The number of nitrogens with one attached hydrogen (secondary N) is 3. The summed E-state index contributed by atoms with van der Waals surface area (Å²) in [5.41, 5.74) is 9.44. The second-order valence-corrected chi connectivity index (χ2v) is 7.82. The van der Waals surface area contributed by atoms with Crippen LogP contribution in [0.5, 0.6) is 5.75 Å². The SMILES string of the molecule is COc1cccc2/c(=N/C(=N)[C@H]3C[C@H](c4ncc5c(n4)CCNC5)C3)[nH]c(N)nc12. The molecular formula is C21H24N8O. The minimum Gasteiger partial charge on any atom is -0.494 e. The van der Waals surface area contributed by atoms with Gasteiger partial charge in [-0.15, -0.1) is 0 Å². The molecule has 0 atom stereocenters. The van der Waals surface area contributed by atoms with E-state index in [4.69, 9.17) is 20.9 Å². The van der Waals surface area contributed by atoms with Crippen LogP contribution in [0.15, 0.2) is 29.4 Å². The molecule has 154 valence electrons. The summed E-state index contributed by atoms with van der Waals surface area (Å²) in [7, 11) is 1.59. The first-order valence-electron chi connectivity index (χ1n) is 10.1. The molecule has 2 aromatic heterocycles. The van der Waals surface area contributed by atoms with Gasteiger partial charge in [0.15, 0.2) is 5.95 Å². The summed E-state index contributed by atoms with van der Waals surface area (Å²) in [4.78, 5) is 21.2. The van der Waals surface area contributed by atoms with E-state index in [9.17, 15) is 0 Å². The summed E-state index contributed by atoms with van der Waals surface area (Å²) in [6.07, 6.45) is 4.56. The van der Waals surface area contributed by atoms with Gasteiger partial charge in [0.2, 0.25) is 0 Å². The fourth-order valence-electron chi connectivity index (χ4n) is 4.13. The van der Waals surface area contributed by atoms with E-state index in [0.29, 0.717) is 22.6 Å². The molecule has 30 heavy (non-hydrogen) atoms. The number of aromatic amines is 1. The van der Waals surface area contributed by atoms with Crippen LogP contribution < -0.4 is 21.3 Å². The van der Waals surface area contributed by atoms with E-state index in [1.807, 2.05) is 24.4 Å². The Morgan fingerprint density at radius 2 is 2.17 bits per heavy atom. The van der Waals surface area contributed by atoms with Crippen molar-refractivity contribution in [2.24, 2.45) is 10.9 Å². The van der Waals surface area contributed by atoms with Crippen molar-refractivity contribution in [3.63, 3.8) is 0 Å². The van der Waals surface area contributed by atoms with E-state index < -0.39 is 0 Å². The number of nitrogen functional groups attached to an aromatic ring is 1. The number of H-pyrrole nitrogens is 1. The maximum absolute atomic E-state index is 8.50. The predicted octanol–water partition coefficient (Wildman–Crippen LogP) is 1.66. The Labute approximate surface area is 173 Å². The van der Waals surface area contributed by atoms with E-state index >= 15 is 0 Å². The van der Waals surface area contributed by atoms with Crippen LogP contribution in [0.4, 0.5) is 5.95 Å². The molecule has 9 heteroatoms. The molecule has 0 radical (unpaired) electrons. The van der Waals surface area contributed by atoms with Gasteiger partial charge in [-0.2, -0.15) is 0 Å². The maximum Gasteiger partial charge on any atom is 0.199 e. The number of anilines is 1. The van der Waals surface area contributed by atoms with Gasteiger partial charge in [0, 0.05) is 54.2 Å². The minimum absolute atomic E-state index is 0.0831. The first-order chi connectivity index (χ1) is 14.6. The Bertz CT molecular complexity index is 1200. The lowest BCUT2D eigenvalue weighted by molar-refractivity contribution is 0.326. The third kappa shape index (κ3) is 3.30. The van der Waals surface area contributed by atoms with E-state index in [1.165, 1.54) is 5.56 Å². The molecule has 1 aliphatic heterocycles. The number of methoxy groups -OCH3 is 1. The predicted molar refractivity (Wildman–Crippen MR) is 113 cm³/mol. The number of para-hydroxylation sites is 1. The van der Waals surface area contributed by atoms with Crippen LogP contribution in [-0.2, 0) is 13.0 Å². The quantitative estimate of drug-likeness (QED) is 0.387. The Morgan fingerprint density at radius 1 is 1.30 bits per heavy atom. The van der Waals surface area contributed by atoms with Gasteiger partial charge in [0.25, 0.3) is 0 Å². The molecule has 3 heterocycles. The van der Waals surface area contributed by atoms with Crippen LogP contribution in [0, 0.1) is 11.3 Å². The standard InChI is InChI=1S/C21H24N8O/c1-30-16-4-2-3-14-17(16)27-21(23)29-20(14)28-18(22)11-7-12(8-11)19-25-10-13-9-24-6-5-15(13)26-19/h2-4,10-12,24H,5-9H2,1H3,(H4,22,23,27,28,29)/t11-,12-. The molecule has 0 amide bonds. The van der Waals surface area contributed by atoms with E-state index in [0.717, 1.165) is 49.3 Å². The van der Waals surface area contributed by atoms with Crippen LogP contribution in [0.25, 0.3) is 10.9 Å². The van der Waals surface area contributed by atoms with Crippen molar-refractivity contribution in [1.82, 2.24) is 25.3 Å². The molecule has 0 saturated heterocycles. The van der Waals surface area contributed by atoms with Gasteiger partial charge < -0.3 is 20.8 Å². The van der Waals surface area contributed by atoms with Crippen molar-refractivity contribution in [3.05, 3.63) is 47.0 Å². The molecule has 1 saturated carbocycles. The van der Waals surface area contributed by atoms with Crippen molar-refractivity contribution in [2.75, 3.05) is 19.4 Å². The fraction of sp³-hybridized carbons (Fsp3) is 0.381. The highest BCUT2D eigenvalue weighted by atomic mass is 16.5. The number of nitrogens with zero attached hydrogens (tertiary/aromatic N) is 4. The molecule has 0 spiro atoms. The molecule has 5 N–H and O–H groups in total. The van der Waals surface area contributed by atoms with Crippen molar-refractivity contribution >= 4 is 22.7 Å². The summed E-state index contributed by atoms with van der Waals surface area (Å²) in [5.74, 6) is 2.46. The number of ether oxygens (including phenoxy) is 1. The number of fused-ring (bicyclic) bond motifs is 2. The smallest absolute Gasteiger partial charge is 0.199 e. The third-order valence-electron chi connectivity index (χ3n) is 5.90. The Balaban J connectivity index is 1.37. The van der Waals surface area contributed by atoms with Crippen LogP contribution >= 0.6 is 0 Å². The molecular weight excluding hydrogens is 380 g/mol. The number of amidine groups is 1. The zero-order chi connectivity index (χ0) is 20.7. The summed E-state index contributed by atoms with van der Waals surface area (Å²) in [5, 5.41) is 12.6. The topological polar surface area (TPSA) is 138 Å². The molecule has 1 aliphatic carbocycles. The zero-order valence-electron chi connectivity index (χ0n) is 16.8. The molecule has 5 rings (SSSR count). The average Bonchev–Trinajstić information content (AvgIpc) is 2.72. The average molecular weight is 404 g/mol. The fourth-order valence-corrected chi connectivity index (χ4v) is 4.13. The van der Waals surface area contributed by atoms with Gasteiger partial charge in [0.05, 0.1) is 7.11 Å². The second-order valence-electron chi connectivity index (χ2n) is 7.82. The van der Waals surface area contributed by atoms with Gasteiger partial charge in [0.1, 0.15) is 28.4 Å². The highest BCUT2D eigenvalue weighted by Gasteiger charge is 2.35. The van der Waals surface area contributed by atoms with Crippen molar-refractivity contribution in [2.45, 2.75) is 31.7 Å². The number of hydrogen-bond acceptors (Lipinski definition) is 7. The van der Waals surface area contributed by atoms with Crippen molar-refractivity contribution < 1.29 is 4.74 Å². The van der Waals surface area contributed by atoms with Gasteiger partial charge in [-0.05, 0) is 25.0 Å². The van der Waals surface area contributed by atoms with E-state index in [1.54, 1.807) is 7.11 Å². The lowest BCUT2D eigenvalue weighted by Gasteiger charge is -2.33. The number of nitrogens with two attached hydrogens (primary N) is 1. The zero-order valence-corrected chi connectivity index (χ0v) is 16.8. The molecule has 0 unspecified atom stereocenters. The normalized spacial score (nSPS) is 21.2. The van der Waals surface area contributed by atoms with Gasteiger partial charge >= 0.3 is 0 Å². The number of rotatable bonds is 3. The Kier molecular flexibility index (Phi) is 4.66. The highest BCUT2D eigenvalue weighted by Crippen LogP contribution is 2.41. The highest BCUT2D eigenvalue weighted by molar-refractivity contribution is 5.87. The molecule has 0 bridgehead atoms. The summed E-state index contributed by atoms with van der Waals surface area (Å²) in [6.45, 7) is 1.81. The molecule has 3 aromatic rings. The Hall–Kier alpha value is -3.33. The lowest BCUT2D eigenvalue weighted by Crippen LogP contribution is -2.31. The lowest BCUT2D eigenvalue weighted by atomic mass is 9.73. The number of benzene rings is 1. The largest absolute Gasteiger partial charge is 0.494 e. The van der Waals surface area contributed by atoms with Gasteiger partial charge in [-0.1, -0.05) is 6.07 Å². The van der Waals surface area contributed by atoms with Crippen molar-refractivity contribution in [3.8, 4) is 5.75 Å². The van der Waals surface area contributed by atoms with E-state index in [2.05, 4.69) is 25.3 Å².